The van der Waals surface area contributed by atoms with Crippen molar-refractivity contribution in [1.82, 2.24) is 4.31 Å². The predicted octanol–water partition coefficient (Wildman–Crippen LogP) is 0.821. The summed E-state index contributed by atoms with van der Waals surface area (Å²) in [6, 6.07) is 0. The van der Waals surface area contributed by atoms with Crippen LogP contribution < -0.4 is 0 Å². The third-order valence-electron chi connectivity index (χ3n) is 2.07. The number of rotatable bonds is 8. The van der Waals surface area contributed by atoms with Gasteiger partial charge in [-0.2, -0.15) is 0 Å². The zero-order valence-corrected chi connectivity index (χ0v) is 9.89. The molecule has 0 aliphatic rings. The van der Waals surface area contributed by atoms with Gasteiger partial charge in [-0.3, -0.25) is 0 Å². The molecular formula is C9H21NO3S. The average Bonchev–Trinajstić information content (AvgIpc) is 2.12. The quantitative estimate of drug-likeness (QED) is 0.620. The van der Waals surface area contributed by atoms with Crippen LogP contribution in [0.4, 0.5) is 0 Å². The molecule has 0 fully saturated rings. The van der Waals surface area contributed by atoms with E-state index in [2.05, 4.69) is 0 Å². The summed E-state index contributed by atoms with van der Waals surface area (Å²) in [5, 5.41) is 8.54. The van der Waals surface area contributed by atoms with Gasteiger partial charge in [-0.1, -0.05) is 6.92 Å². The maximum absolute atomic E-state index is 11.5. The molecule has 0 amide bonds. The van der Waals surface area contributed by atoms with Crippen molar-refractivity contribution in [1.29, 1.82) is 0 Å². The summed E-state index contributed by atoms with van der Waals surface area (Å²) < 4.78 is 24.4. The van der Waals surface area contributed by atoms with Crippen LogP contribution in [0.2, 0.25) is 0 Å². The summed E-state index contributed by atoms with van der Waals surface area (Å²) in [6.07, 6.45) is 3.10. The van der Waals surface area contributed by atoms with Gasteiger partial charge in [-0.05, 0) is 25.7 Å². The fourth-order valence-electron chi connectivity index (χ4n) is 1.18. The van der Waals surface area contributed by atoms with Gasteiger partial charge in [0, 0.05) is 20.2 Å². The molecule has 86 valence electrons. The fraction of sp³-hybridized carbons (Fsp3) is 1.00. The van der Waals surface area contributed by atoms with E-state index in [4.69, 9.17) is 5.11 Å². The summed E-state index contributed by atoms with van der Waals surface area (Å²) in [5.74, 6) is 0.226. The molecule has 0 aromatic heterocycles. The highest BCUT2D eigenvalue weighted by Crippen LogP contribution is 2.03. The van der Waals surface area contributed by atoms with E-state index in [0.29, 0.717) is 13.0 Å². The second-order valence-electron chi connectivity index (χ2n) is 3.42. The normalized spacial score (nSPS) is 12.3. The molecule has 4 nitrogen and oxygen atoms in total. The maximum Gasteiger partial charge on any atom is 0.213 e. The van der Waals surface area contributed by atoms with E-state index in [1.165, 1.54) is 4.31 Å². The fourth-order valence-corrected chi connectivity index (χ4v) is 2.41. The lowest BCUT2D eigenvalue weighted by atomic mass is 10.2. The molecule has 0 heterocycles. The minimum absolute atomic E-state index is 0.186. The molecule has 0 bridgehead atoms. The van der Waals surface area contributed by atoms with Crippen molar-refractivity contribution in [2.45, 2.75) is 32.6 Å². The van der Waals surface area contributed by atoms with E-state index < -0.39 is 10.0 Å². The Morgan fingerprint density at radius 3 is 2.36 bits per heavy atom. The summed E-state index contributed by atoms with van der Waals surface area (Å²) in [6.45, 7) is 2.60. The summed E-state index contributed by atoms with van der Waals surface area (Å²) >= 11 is 0. The summed E-state index contributed by atoms with van der Waals surface area (Å²) in [5.41, 5.74) is 0. The molecule has 0 aromatic rings. The molecule has 0 spiro atoms. The van der Waals surface area contributed by atoms with Crippen molar-refractivity contribution in [3.05, 3.63) is 0 Å². The molecule has 0 saturated heterocycles. The Balaban J connectivity index is 3.78. The molecule has 0 radical (unpaired) electrons. The number of nitrogens with zero attached hydrogens (tertiary/aromatic N) is 1. The minimum atomic E-state index is -3.03. The first-order valence-corrected chi connectivity index (χ1v) is 6.70. The van der Waals surface area contributed by atoms with Gasteiger partial charge in [0.05, 0.1) is 5.75 Å². The van der Waals surface area contributed by atoms with Crippen molar-refractivity contribution < 1.29 is 13.5 Å². The van der Waals surface area contributed by atoms with E-state index in [9.17, 15) is 8.42 Å². The lowest BCUT2D eigenvalue weighted by Gasteiger charge is -2.16. The van der Waals surface area contributed by atoms with Gasteiger partial charge in [0.25, 0.3) is 0 Å². The number of hydrogen-bond donors (Lipinski definition) is 1. The largest absolute Gasteiger partial charge is 0.396 e. The molecule has 0 aromatic carbocycles. The molecule has 0 unspecified atom stereocenters. The molecule has 0 aliphatic carbocycles. The van der Waals surface area contributed by atoms with Crippen molar-refractivity contribution in [3.8, 4) is 0 Å². The molecule has 0 aliphatic heterocycles. The number of unbranched alkanes of at least 4 members (excludes halogenated alkanes) is 2. The van der Waals surface area contributed by atoms with E-state index >= 15 is 0 Å². The lowest BCUT2D eigenvalue weighted by molar-refractivity contribution is 0.281. The SMILES string of the molecule is CCCS(=O)(=O)N(C)CCCCCO. The highest BCUT2D eigenvalue weighted by Gasteiger charge is 2.15. The van der Waals surface area contributed by atoms with E-state index in [1.807, 2.05) is 6.92 Å². The Morgan fingerprint density at radius 2 is 1.86 bits per heavy atom. The maximum atomic E-state index is 11.5. The topological polar surface area (TPSA) is 57.6 Å². The number of hydrogen-bond acceptors (Lipinski definition) is 3. The van der Waals surface area contributed by atoms with Crippen LogP contribution in [-0.2, 0) is 10.0 Å². The van der Waals surface area contributed by atoms with E-state index in [-0.39, 0.29) is 12.4 Å². The predicted molar refractivity (Wildman–Crippen MR) is 57.6 cm³/mol. The first-order valence-electron chi connectivity index (χ1n) is 5.09. The Morgan fingerprint density at radius 1 is 1.21 bits per heavy atom. The van der Waals surface area contributed by atoms with Crippen molar-refractivity contribution in [2.75, 3.05) is 26.0 Å². The number of aliphatic hydroxyl groups is 1. The first-order chi connectivity index (χ1) is 6.54. The number of aliphatic hydroxyl groups excluding tert-OH is 1. The lowest BCUT2D eigenvalue weighted by Crippen LogP contribution is -2.30. The molecule has 0 saturated carbocycles. The van der Waals surface area contributed by atoms with Crippen molar-refractivity contribution >= 4 is 10.0 Å². The third-order valence-corrected chi connectivity index (χ3v) is 4.12. The van der Waals surface area contributed by atoms with Gasteiger partial charge >= 0.3 is 0 Å². The van der Waals surface area contributed by atoms with Crippen molar-refractivity contribution in [3.63, 3.8) is 0 Å². The van der Waals surface area contributed by atoms with Crippen molar-refractivity contribution in [2.24, 2.45) is 0 Å². The van der Waals surface area contributed by atoms with Crippen LogP contribution in [0.25, 0.3) is 0 Å². The molecule has 5 heteroatoms. The van der Waals surface area contributed by atoms with Crippen LogP contribution >= 0.6 is 0 Å². The van der Waals surface area contributed by atoms with Crippen LogP contribution in [0.15, 0.2) is 0 Å². The standard InChI is InChI=1S/C9H21NO3S/c1-3-9-14(12,13)10(2)7-5-4-6-8-11/h11H,3-9H2,1-2H3. The Hall–Kier alpha value is -0.130. The van der Waals surface area contributed by atoms with Crippen LogP contribution in [0, 0.1) is 0 Å². The van der Waals surface area contributed by atoms with Gasteiger partial charge < -0.3 is 5.11 Å². The highest BCUT2D eigenvalue weighted by molar-refractivity contribution is 7.89. The van der Waals surface area contributed by atoms with Crippen LogP contribution in [0.5, 0.6) is 0 Å². The van der Waals surface area contributed by atoms with Crippen LogP contribution in [0.1, 0.15) is 32.6 Å². The molecule has 1 N–H and O–H groups in total. The second-order valence-corrected chi connectivity index (χ2v) is 5.62. The molecule has 0 atom stereocenters. The summed E-state index contributed by atoms with van der Waals surface area (Å²) in [7, 11) is -1.41. The van der Waals surface area contributed by atoms with Gasteiger partial charge in [0.15, 0.2) is 0 Å². The first kappa shape index (κ1) is 13.9. The smallest absolute Gasteiger partial charge is 0.213 e. The zero-order chi connectivity index (χ0) is 11.0. The zero-order valence-electron chi connectivity index (χ0n) is 9.07. The van der Waals surface area contributed by atoms with Gasteiger partial charge in [0.1, 0.15) is 0 Å². The Bertz CT molecular complexity index is 226. The summed E-state index contributed by atoms with van der Waals surface area (Å²) in [4.78, 5) is 0. The Kier molecular flexibility index (Phi) is 7.13. The second kappa shape index (κ2) is 7.20. The van der Waals surface area contributed by atoms with E-state index in [1.54, 1.807) is 7.05 Å². The van der Waals surface area contributed by atoms with Crippen LogP contribution in [0.3, 0.4) is 0 Å². The minimum Gasteiger partial charge on any atom is -0.396 e. The molecule has 0 rings (SSSR count). The highest BCUT2D eigenvalue weighted by atomic mass is 32.2. The molecular weight excluding hydrogens is 202 g/mol. The monoisotopic (exact) mass is 223 g/mol. The molecule has 14 heavy (non-hydrogen) atoms. The van der Waals surface area contributed by atoms with Gasteiger partial charge in [-0.15, -0.1) is 0 Å². The number of sulfonamides is 1. The van der Waals surface area contributed by atoms with E-state index in [0.717, 1.165) is 19.3 Å². The Labute approximate surface area is 87.0 Å². The van der Waals surface area contributed by atoms with Crippen LogP contribution in [-0.4, -0.2) is 43.8 Å². The van der Waals surface area contributed by atoms with Gasteiger partial charge in [-0.25, -0.2) is 12.7 Å². The third kappa shape index (κ3) is 5.57. The van der Waals surface area contributed by atoms with Gasteiger partial charge in [0.2, 0.25) is 10.0 Å². The average molecular weight is 223 g/mol.